The Bertz CT molecular complexity index is 677. The minimum Gasteiger partial charge on any atom is -0.460 e. The molecule has 0 heterocycles. The number of hydrogen-bond donors (Lipinski definition) is 0. The molecule has 0 fully saturated rings. The zero-order valence-electron chi connectivity index (χ0n) is 13.9. The molecule has 0 saturated heterocycles. The Morgan fingerprint density at radius 3 is 1.40 bits per heavy atom. The van der Waals surface area contributed by atoms with Crippen LogP contribution < -0.4 is 0 Å². The van der Waals surface area contributed by atoms with Gasteiger partial charge in [0.05, 0.1) is 0 Å². The third kappa shape index (κ3) is 6.11. The van der Waals surface area contributed by atoms with Crippen molar-refractivity contribution in [3.8, 4) is 0 Å². The molecule has 2 aromatic carbocycles. The smallest absolute Gasteiger partial charge is 0.317 e. The maximum atomic E-state index is 11.7. The van der Waals surface area contributed by atoms with Gasteiger partial charge in [-0.25, -0.2) is 0 Å². The summed E-state index contributed by atoms with van der Waals surface area (Å²) in [6.07, 6.45) is 3.06. The molecule has 0 N–H and O–H groups in total. The Balaban J connectivity index is 1.72. The van der Waals surface area contributed by atoms with Crippen LogP contribution in [0.25, 0.3) is 12.2 Å². The molecule has 0 radical (unpaired) electrons. The molecule has 0 aliphatic carbocycles. The fraction of sp³-hybridized carbons (Fsp3) is 0.143. The highest BCUT2D eigenvalue weighted by Crippen LogP contribution is 2.09. The number of benzene rings is 2. The molecule has 0 bridgehead atoms. The molecule has 0 saturated carbocycles. The monoisotopic (exact) mass is 336 g/mol. The van der Waals surface area contributed by atoms with Crippen molar-refractivity contribution in [3.63, 3.8) is 0 Å². The first-order chi connectivity index (χ1) is 12.1. The molecule has 0 aromatic heterocycles. The van der Waals surface area contributed by atoms with Gasteiger partial charge in [0.15, 0.2) is 0 Å². The Morgan fingerprint density at radius 1 is 0.720 bits per heavy atom. The molecule has 0 amide bonds. The van der Waals surface area contributed by atoms with Crippen LogP contribution in [-0.4, -0.2) is 11.9 Å². The van der Waals surface area contributed by atoms with E-state index in [1.54, 1.807) is 12.2 Å². The fourth-order valence-corrected chi connectivity index (χ4v) is 2.05. The lowest BCUT2D eigenvalue weighted by Gasteiger charge is -2.07. The van der Waals surface area contributed by atoms with Gasteiger partial charge < -0.3 is 9.47 Å². The predicted octanol–water partition coefficient (Wildman–Crippen LogP) is 4.15. The van der Waals surface area contributed by atoms with Crippen LogP contribution in [-0.2, 0) is 32.3 Å². The third-order valence-electron chi connectivity index (χ3n) is 3.52. The molecular formula is C21H20O4. The zero-order chi connectivity index (χ0) is 18.1. The number of carbonyl (C=O) groups excluding carboxylic acids is 2. The lowest BCUT2D eigenvalue weighted by Crippen LogP contribution is -2.13. The van der Waals surface area contributed by atoms with Crippen molar-refractivity contribution in [2.75, 3.05) is 0 Å². The van der Waals surface area contributed by atoms with Crippen molar-refractivity contribution in [2.24, 2.45) is 0 Å². The lowest BCUT2D eigenvalue weighted by atomic mass is 10.1. The number of esters is 2. The third-order valence-corrected chi connectivity index (χ3v) is 3.52. The van der Waals surface area contributed by atoms with E-state index in [1.165, 1.54) is 0 Å². The molecule has 4 nitrogen and oxygen atoms in total. The van der Waals surface area contributed by atoms with Gasteiger partial charge in [-0.1, -0.05) is 73.8 Å². The van der Waals surface area contributed by atoms with Gasteiger partial charge in [0.25, 0.3) is 0 Å². The van der Waals surface area contributed by atoms with E-state index in [0.29, 0.717) is 0 Å². The van der Waals surface area contributed by atoms with Crippen LogP contribution in [0.4, 0.5) is 0 Å². The van der Waals surface area contributed by atoms with Crippen LogP contribution in [0.1, 0.15) is 28.7 Å². The summed E-state index contributed by atoms with van der Waals surface area (Å²) in [4.78, 5) is 23.4. The summed E-state index contributed by atoms with van der Waals surface area (Å²) in [5.74, 6) is -1.22. The SMILES string of the molecule is C=Cc1ccc(COC(=O)CC(=O)OCc2ccc(C=C)cc2)cc1. The Labute approximate surface area is 147 Å². The molecular weight excluding hydrogens is 316 g/mol. The molecule has 0 spiro atoms. The van der Waals surface area contributed by atoms with Crippen molar-refractivity contribution in [1.29, 1.82) is 0 Å². The highest BCUT2D eigenvalue weighted by molar-refractivity contribution is 5.91. The molecule has 0 aliphatic heterocycles. The molecule has 2 aromatic rings. The summed E-state index contributed by atoms with van der Waals surface area (Å²) in [5, 5.41) is 0. The molecule has 25 heavy (non-hydrogen) atoms. The minimum atomic E-state index is -0.611. The van der Waals surface area contributed by atoms with E-state index >= 15 is 0 Å². The molecule has 128 valence electrons. The fourth-order valence-electron chi connectivity index (χ4n) is 2.05. The largest absolute Gasteiger partial charge is 0.460 e. The van der Waals surface area contributed by atoms with Crippen LogP contribution in [0, 0.1) is 0 Å². The second-order valence-corrected chi connectivity index (χ2v) is 5.39. The van der Waals surface area contributed by atoms with E-state index in [0.717, 1.165) is 22.3 Å². The number of rotatable bonds is 8. The average Bonchev–Trinajstić information content (AvgIpc) is 2.65. The number of ether oxygens (including phenoxy) is 2. The topological polar surface area (TPSA) is 52.6 Å². The summed E-state index contributed by atoms with van der Waals surface area (Å²) >= 11 is 0. The van der Waals surface area contributed by atoms with Gasteiger partial charge in [-0.2, -0.15) is 0 Å². The second kappa shape index (κ2) is 9.23. The molecule has 0 aliphatic rings. The summed E-state index contributed by atoms with van der Waals surface area (Å²) in [6.45, 7) is 7.58. The van der Waals surface area contributed by atoms with Crippen molar-refractivity contribution in [2.45, 2.75) is 19.6 Å². The lowest BCUT2D eigenvalue weighted by molar-refractivity contribution is -0.156. The van der Waals surface area contributed by atoms with E-state index in [-0.39, 0.29) is 13.2 Å². The van der Waals surface area contributed by atoms with Crippen LogP contribution in [0.2, 0.25) is 0 Å². The van der Waals surface area contributed by atoms with Gasteiger partial charge in [-0.05, 0) is 22.3 Å². The minimum absolute atomic E-state index is 0.118. The van der Waals surface area contributed by atoms with Gasteiger partial charge >= 0.3 is 11.9 Å². The summed E-state index contributed by atoms with van der Waals surface area (Å²) < 4.78 is 10.2. The normalized spacial score (nSPS) is 9.92. The van der Waals surface area contributed by atoms with E-state index < -0.39 is 18.4 Å². The van der Waals surface area contributed by atoms with Gasteiger partial charge in [-0.3, -0.25) is 9.59 Å². The summed E-state index contributed by atoms with van der Waals surface area (Å²) in [5.41, 5.74) is 3.66. The quantitative estimate of drug-likeness (QED) is 0.537. The van der Waals surface area contributed by atoms with E-state index in [2.05, 4.69) is 13.2 Å². The van der Waals surface area contributed by atoms with Crippen molar-refractivity contribution in [3.05, 3.63) is 83.9 Å². The number of hydrogen-bond acceptors (Lipinski definition) is 4. The van der Waals surface area contributed by atoms with Crippen molar-refractivity contribution >= 4 is 24.1 Å². The Morgan fingerprint density at radius 2 is 1.08 bits per heavy atom. The summed E-state index contributed by atoms with van der Waals surface area (Å²) in [7, 11) is 0. The maximum absolute atomic E-state index is 11.7. The van der Waals surface area contributed by atoms with E-state index in [1.807, 2.05) is 48.5 Å². The van der Waals surface area contributed by atoms with Gasteiger partial charge in [0.1, 0.15) is 19.6 Å². The average molecular weight is 336 g/mol. The molecule has 4 heteroatoms. The first kappa shape index (κ1) is 18.2. The Kier molecular flexibility index (Phi) is 6.72. The predicted molar refractivity (Wildman–Crippen MR) is 97.3 cm³/mol. The summed E-state index contributed by atoms with van der Waals surface area (Å²) in [6, 6.07) is 14.9. The molecule has 2 rings (SSSR count). The molecule has 0 unspecified atom stereocenters. The Hall–Kier alpha value is -3.14. The first-order valence-electron chi connectivity index (χ1n) is 7.84. The van der Waals surface area contributed by atoms with Crippen LogP contribution in [0.3, 0.4) is 0 Å². The van der Waals surface area contributed by atoms with Crippen molar-refractivity contribution < 1.29 is 19.1 Å². The van der Waals surface area contributed by atoms with Crippen LogP contribution >= 0.6 is 0 Å². The van der Waals surface area contributed by atoms with Crippen LogP contribution in [0.15, 0.2) is 61.7 Å². The maximum Gasteiger partial charge on any atom is 0.317 e. The zero-order valence-corrected chi connectivity index (χ0v) is 13.9. The van der Waals surface area contributed by atoms with Gasteiger partial charge in [0.2, 0.25) is 0 Å². The first-order valence-corrected chi connectivity index (χ1v) is 7.84. The van der Waals surface area contributed by atoms with E-state index in [4.69, 9.17) is 9.47 Å². The van der Waals surface area contributed by atoms with Crippen LogP contribution in [0.5, 0.6) is 0 Å². The van der Waals surface area contributed by atoms with Gasteiger partial charge in [-0.15, -0.1) is 0 Å². The molecule has 0 atom stereocenters. The highest BCUT2D eigenvalue weighted by atomic mass is 16.6. The second-order valence-electron chi connectivity index (χ2n) is 5.39. The number of carbonyl (C=O) groups is 2. The highest BCUT2D eigenvalue weighted by Gasteiger charge is 2.12. The van der Waals surface area contributed by atoms with Gasteiger partial charge in [0, 0.05) is 0 Å². The van der Waals surface area contributed by atoms with E-state index in [9.17, 15) is 9.59 Å². The standard InChI is InChI=1S/C21H20O4/c1-3-16-5-9-18(10-6-16)14-24-20(22)13-21(23)25-15-19-11-7-17(4-2)8-12-19/h3-12H,1-2,13-15H2. The van der Waals surface area contributed by atoms with Crippen molar-refractivity contribution in [1.82, 2.24) is 0 Å².